The smallest absolute Gasteiger partial charge is 0.248 e. The third-order valence-electron chi connectivity index (χ3n) is 2.66. The van der Waals surface area contributed by atoms with Crippen LogP contribution in [0.15, 0.2) is 18.2 Å². The molecule has 0 fully saturated rings. The van der Waals surface area contributed by atoms with Crippen LogP contribution in [0, 0.1) is 0 Å². The topological polar surface area (TPSA) is 113 Å². The van der Waals surface area contributed by atoms with Crippen LogP contribution in [0.3, 0.4) is 0 Å². The molecule has 0 spiro atoms. The van der Waals surface area contributed by atoms with Crippen molar-refractivity contribution < 1.29 is 15.0 Å². The molecule has 6 nitrogen and oxygen atoms in total. The van der Waals surface area contributed by atoms with E-state index in [1.807, 2.05) is 4.90 Å². The van der Waals surface area contributed by atoms with Gasteiger partial charge >= 0.3 is 0 Å². The summed E-state index contributed by atoms with van der Waals surface area (Å²) in [6.07, 6.45) is 0. The number of aliphatic hydroxyl groups is 2. The maximum atomic E-state index is 11.0. The molecule has 0 aromatic heterocycles. The average Bonchev–Trinajstić information content (AvgIpc) is 2.32. The Morgan fingerprint density at radius 3 is 2.28 bits per heavy atom. The molecule has 1 rings (SSSR count). The van der Waals surface area contributed by atoms with E-state index in [9.17, 15) is 4.79 Å². The van der Waals surface area contributed by atoms with Crippen LogP contribution >= 0.6 is 0 Å². The molecule has 1 amide bonds. The lowest BCUT2D eigenvalue weighted by molar-refractivity contribution is 0.100. The first-order valence-electron chi connectivity index (χ1n) is 5.70. The quantitative estimate of drug-likeness (QED) is 0.473. The highest BCUT2D eigenvalue weighted by atomic mass is 16.3. The summed E-state index contributed by atoms with van der Waals surface area (Å²) in [5, 5.41) is 17.8. The summed E-state index contributed by atoms with van der Waals surface area (Å²) in [7, 11) is 0. The molecular formula is C12H19N3O3. The highest BCUT2D eigenvalue weighted by Crippen LogP contribution is 2.16. The fourth-order valence-electron chi connectivity index (χ4n) is 1.69. The van der Waals surface area contributed by atoms with Crippen molar-refractivity contribution in [2.45, 2.75) is 6.54 Å². The number of hydrogen-bond acceptors (Lipinski definition) is 5. The van der Waals surface area contributed by atoms with E-state index in [0.717, 1.165) is 5.56 Å². The molecule has 6 N–H and O–H groups in total. The molecule has 0 bridgehead atoms. The van der Waals surface area contributed by atoms with Crippen molar-refractivity contribution in [2.75, 3.05) is 32.0 Å². The number of primary amides is 1. The van der Waals surface area contributed by atoms with Crippen molar-refractivity contribution in [1.82, 2.24) is 4.90 Å². The van der Waals surface area contributed by atoms with Gasteiger partial charge < -0.3 is 21.7 Å². The van der Waals surface area contributed by atoms with Gasteiger partial charge in [0.05, 0.1) is 13.2 Å². The van der Waals surface area contributed by atoms with Crippen LogP contribution in [0.1, 0.15) is 15.9 Å². The lowest BCUT2D eigenvalue weighted by atomic mass is 10.1. The van der Waals surface area contributed by atoms with Crippen LogP contribution in [0.2, 0.25) is 0 Å². The van der Waals surface area contributed by atoms with Gasteiger partial charge in [0.15, 0.2) is 0 Å². The average molecular weight is 253 g/mol. The second-order valence-corrected chi connectivity index (χ2v) is 4.00. The van der Waals surface area contributed by atoms with E-state index in [0.29, 0.717) is 30.9 Å². The highest BCUT2D eigenvalue weighted by Gasteiger charge is 2.09. The van der Waals surface area contributed by atoms with Gasteiger partial charge in [-0.3, -0.25) is 9.69 Å². The maximum Gasteiger partial charge on any atom is 0.248 e. The summed E-state index contributed by atoms with van der Waals surface area (Å²) >= 11 is 0. The molecule has 1 aromatic carbocycles. The predicted molar refractivity (Wildman–Crippen MR) is 68.8 cm³/mol. The number of nitrogens with zero attached hydrogens (tertiary/aromatic N) is 1. The first-order chi connectivity index (χ1) is 8.58. The SMILES string of the molecule is NC(=O)c1ccc(CN(CCO)CCO)c(N)c1. The summed E-state index contributed by atoms with van der Waals surface area (Å²) in [6, 6.07) is 4.88. The molecular weight excluding hydrogens is 234 g/mol. The van der Waals surface area contributed by atoms with Gasteiger partial charge in [0.25, 0.3) is 0 Å². The molecule has 100 valence electrons. The second kappa shape index (κ2) is 6.95. The zero-order chi connectivity index (χ0) is 13.5. The van der Waals surface area contributed by atoms with Crippen LogP contribution in [0.25, 0.3) is 0 Å². The largest absolute Gasteiger partial charge is 0.398 e. The van der Waals surface area contributed by atoms with Crippen LogP contribution in [-0.4, -0.2) is 47.3 Å². The van der Waals surface area contributed by atoms with Crippen molar-refractivity contribution in [3.8, 4) is 0 Å². The van der Waals surface area contributed by atoms with Crippen molar-refractivity contribution in [2.24, 2.45) is 5.73 Å². The Labute approximate surface area is 106 Å². The van der Waals surface area contributed by atoms with E-state index in [2.05, 4.69) is 0 Å². The van der Waals surface area contributed by atoms with E-state index >= 15 is 0 Å². The molecule has 0 unspecified atom stereocenters. The number of aliphatic hydroxyl groups excluding tert-OH is 2. The van der Waals surface area contributed by atoms with Gasteiger partial charge in [0, 0.05) is 30.9 Å². The van der Waals surface area contributed by atoms with Crippen LogP contribution < -0.4 is 11.5 Å². The van der Waals surface area contributed by atoms with E-state index in [-0.39, 0.29) is 13.2 Å². The minimum Gasteiger partial charge on any atom is -0.398 e. The Morgan fingerprint density at radius 2 is 1.83 bits per heavy atom. The number of amides is 1. The molecule has 6 heteroatoms. The standard InChI is InChI=1S/C12H19N3O3/c13-11-7-9(12(14)18)1-2-10(11)8-15(3-5-16)4-6-17/h1-2,7,16-17H,3-6,8,13H2,(H2,14,18). The van der Waals surface area contributed by atoms with Crippen LogP contribution in [-0.2, 0) is 6.54 Å². The summed E-state index contributed by atoms with van der Waals surface area (Å²) in [5.74, 6) is -0.518. The van der Waals surface area contributed by atoms with E-state index in [4.69, 9.17) is 21.7 Å². The van der Waals surface area contributed by atoms with Crippen LogP contribution in [0.4, 0.5) is 5.69 Å². The monoisotopic (exact) mass is 253 g/mol. The van der Waals surface area contributed by atoms with Gasteiger partial charge in [-0.2, -0.15) is 0 Å². The molecule has 0 heterocycles. The Morgan fingerprint density at radius 1 is 1.22 bits per heavy atom. The van der Waals surface area contributed by atoms with Crippen molar-refractivity contribution in [1.29, 1.82) is 0 Å². The summed E-state index contributed by atoms with van der Waals surface area (Å²) in [4.78, 5) is 12.9. The summed E-state index contributed by atoms with van der Waals surface area (Å²) < 4.78 is 0. The Hall–Kier alpha value is -1.63. The van der Waals surface area contributed by atoms with Gasteiger partial charge in [-0.25, -0.2) is 0 Å². The minimum absolute atomic E-state index is 0.0132. The lowest BCUT2D eigenvalue weighted by Crippen LogP contribution is -2.29. The maximum absolute atomic E-state index is 11.0. The zero-order valence-electron chi connectivity index (χ0n) is 10.2. The third kappa shape index (κ3) is 3.99. The number of nitrogens with two attached hydrogens (primary N) is 2. The lowest BCUT2D eigenvalue weighted by Gasteiger charge is -2.21. The molecule has 18 heavy (non-hydrogen) atoms. The van der Waals surface area contributed by atoms with Gasteiger partial charge in [-0.15, -0.1) is 0 Å². The number of hydrogen-bond donors (Lipinski definition) is 4. The number of rotatable bonds is 7. The summed E-state index contributed by atoms with van der Waals surface area (Å²) in [6.45, 7) is 1.44. The molecule has 0 saturated heterocycles. The Kier molecular flexibility index (Phi) is 5.57. The fraction of sp³-hybridized carbons (Fsp3) is 0.417. The van der Waals surface area contributed by atoms with Gasteiger partial charge in [0.1, 0.15) is 0 Å². The molecule has 0 saturated carbocycles. The van der Waals surface area contributed by atoms with Crippen molar-refractivity contribution in [3.05, 3.63) is 29.3 Å². The Bertz CT molecular complexity index is 404. The number of anilines is 1. The van der Waals surface area contributed by atoms with Gasteiger partial charge in [0.2, 0.25) is 5.91 Å². The number of carbonyl (C=O) groups is 1. The van der Waals surface area contributed by atoms with Gasteiger partial charge in [-0.1, -0.05) is 6.07 Å². The molecule has 0 aliphatic carbocycles. The first kappa shape index (κ1) is 14.4. The first-order valence-corrected chi connectivity index (χ1v) is 5.70. The molecule has 0 radical (unpaired) electrons. The fourth-order valence-corrected chi connectivity index (χ4v) is 1.69. The molecule has 0 aliphatic rings. The number of nitrogen functional groups attached to an aromatic ring is 1. The summed E-state index contributed by atoms with van der Waals surface area (Å²) in [5.41, 5.74) is 12.7. The minimum atomic E-state index is -0.518. The van der Waals surface area contributed by atoms with E-state index in [1.165, 1.54) is 6.07 Å². The van der Waals surface area contributed by atoms with Crippen molar-refractivity contribution >= 4 is 11.6 Å². The second-order valence-electron chi connectivity index (χ2n) is 4.00. The van der Waals surface area contributed by atoms with E-state index < -0.39 is 5.91 Å². The normalized spacial score (nSPS) is 10.8. The number of benzene rings is 1. The Balaban J connectivity index is 2.79. The predicted octanol–water partition coefficient (Wildman–Crippen LogP) is -0.846. The molecule has 0 atom stereocenters. The third-order valence-corrected chi connectivity index (χ3v) is 2.66. The highest BCUT2D eigenvalue weighted by molar-refractivity contribution is 5.93. The molecule has 1 aromatic rings. The van der Waals surface area contributed by atoms with Crippen molar-refractivity contribution in [3.63, 3.8) is 0 Å². The van der Waals surface area contributed by atoms with Gasteiger partial charge in [-0.05, 0) is 17.7 Å². The van der Waals surface area contributed by atoms with Crippen LogP contribution in [0.5, 0.6) is 0 Å². The zero-order valence-corrected chi connectivity index (χ0v) is 10.2. The van der Waals surface area contributed by atoms with E-state index in [1.54, 1.807) is 12.1 Å². The molecule has 0 aliphatic heterocycles. The number of carbonyl (C=O) groups excluding carboxylic acids is 1.